The van der Waals surface area contributed by atoms with E-state index in [2.05, 4.69) is 5.32 Å². The zero-order chi connectivity index (χ0) is 18.7. The lowest BCUT2D eigenvalue weighted by Crippen LogP contribution is -2.17. The number of benzene rings is 2. The van der Waals surface area contributed by atoms with Gasteiger partial charge in [-0.05, 0) is 23.8 Å². The first kappa shape index (κ1) is 17.6. The lowest BCUT2D eigenvalue weighted by molar-refractivity contribution is 0.147. The standard InChI is InChI=1S/C19H15F3N2O2/c1-24-10-15(18(21)22)17(11-24)26-19(25)23-16-8-3-2-7-14(16)12-5-4-6-13(20)9-12/h2-11,18H,1H3,(H,23,25). The number of nitrogens with one attached hydrogen (secondary N) is 1. The number of rotatable bonds is 4. The lowest BCUT2D eigenvalue weighted by Gasteiger charge is -2.12. The van der Waals surface area contributed by atoms with Crippen molar-refractivity contribution in [2.75, 3.05) is 5.32 Å². The van der Waals surface area contributed by atoms with Gasteiger partial charge in [-0.2, -0.15) is 0 Å². The Bertz CT molecular complexity index is 938. The number of aryl methyl sites for hydroxylation is 1. The molecule has 0 aliphatic carbocycles. The molecular weight excluding hydrogens is 345 g/mol. The number of anilines is 1. The molecule has 0 aliphatic rings. The molecule has 0 radical (unpaired) electrons. The third-order valence-corrected chi connectivity index (χ3v) is 3.69. The van der Waals surface area contributed by atoms with Crippen molar-refractivity contribution in [3.8, 4) is 16.9 Å². The van der Waals surface area contributed by atoms with Crippen LogP contribution in [0.3, 0.4) is 0 Å². The van der Waals surface area contributed by atoms with Crippen LogP contribution in [0.25, 0.3) is 11.1 Å². The second kappa shape index (κ2) is 7.35. The van der Waals surface area contributed by atoms with Crippen molar-refractivity contribution >= 4 is 11.8 Å². The molecule has 1 amide bonds. The summed E-state index contributed by atoms with van der Waals surface area (Å²) >= 11 is 0. The highest BCUT2D eigenvalue weighted by Gasteiger charge is 2.19. The van der Waals surface area contributed by atoms with E-state index in [1.165, 1.54) is 29.1 Å². The van der Waals surface area contributed by atoms with Crippen LogP contribution in [0.15, 0.2) is 60.9 Å². The Hall–Kier alpha value is -3.22. The van der Waals surface area contributed by atoms with Crippen molar-refractivity contribution in [1.82, 2.24) is 4.57 Å². The average Bonchev–Trinajstić information content (AvgIpc) is 2.96. The van der Waals surface area contributed by atoms with Crippen LogP contribution in [0.2, 0.25) is 0 Å². The highest BCUT2D eigenvalue weighted by molar-refractivity contribution is 5.92. The molecule has 0 bridgehead atoms. The van der Waals surface area contributed by atoms with Crippen LogP contribution >= 0.6 is 0 Å². The zero-order valence-electron chi connectivity index (χ0n) is 13.7. The average molecular weight is 360 g/mol. The predicted octanol–water partition coefficient (Wildman–Crippen LogP) is 5.38. The summed E-state index contributed by atoms with van der Waals surface area (Å²) in [6.07, 6.45) is -1.20. The lowest BCUT2D eigenvalue weighted by atomic mass is 10.0. The molecule has 0 atom stereocenters. The number of aromatic nitrogens is 1. The van der Waals surface area contributed by atoms with Crippen LogP contribution in [0.1, 0.15) is 12.0 Å². The van der Waals surface area contributed by atoms with Crippen LogP contribution in [0.5, 0.6) is 5.75 Å². The van der Waals surface area contributed by atoms with E-state index in [1.54, 1.807) is 43.4 Å². The first-order chi connectivity index (χ1) is 12.4. The van der Waals surface area contributed by atoms with Crippen molar-refractivity contribution < 1.29 is 22.7 Å². The topological polar surface area (TPSA) is 43.3 Å². The van der Waals surface area contributed by atoms with Crippen molar-refractivity contribution in [2.45, 2.75) is 6.43 Å². The molecule has 1 aromatic heterocycles. The SMILES string of the molecule is Cn1cc(OC(=O)Nc2ccccc2-c2cccc(F)c2)c(C(F)F)c1. The van der Waals surface area contributed by atoms with E-state index >= 15 is 0 Å². The highest BCUT2D eigenvalue weighted by atomic mass is 19.3. The van der Waals surface area contributed by atoms with Crippen LogP contribution in [-0.2, 0) is 7.05 Å². The fourth-order valence-electron chi connectivity index (χ4n) is 2.56. The monoisotopic (exact) mass is 360 g/mol. The number of hydrogen-bond acceptors (Lipinski definition) is 2. The summed E-state index contributed by atoms with van der Waals surface area (Å²) in [4.78, 5) is 12.2. The van der Waals surface area contributed by atoms with E-state index in [0.29, 0.717) is 16.8 Å². The minimum Gasteiger partial charge on any atom is -0.408 e. The molecule has 0 saturated heterocycles. The number of ether oxygens (including phenoxy) is 1. The summed E-state index contributed by atoms with van der Waals surface area (Å²) in [7, 11) is 1.55. The smallest absolute Gasteiger partial charge is 0.408 e. The molecule has 1 N–H and O–H groups in total. The summed E-state index contributed by atoms with van der Waals surface area (Å²) < 4.78 is 45.8. The Balaban J connectivity index is 1.83. The van der Waals surface area contributed by atoms with E-state index in [9.17, 15) is 18.0 Å². The number of para-hydroxylation sites is 1. The van der Waals surface area contributed by atoms with Gasteiger partial charge in [-0.1, -0.05) is 30.3 Å². The van der Waals surface area contributed by atoms with Gasteiger partial charge in [0.2, 0.25) is 0 Å². The predicted molar refractivity (Wildman–Crippen MR) is 91.9 cm³/mol. The van der Waals surface area contributed by atoms with E-state index in [0.717, 1.165) is 0 Å². The number of hydrogen-bond donors (Lipinski definition) is 1. The quantitative estimate of drug-likeness (QED) is 0.679. The fraction of sp³-hybridized carbons (Fsp3) is 0.105. The van der Waals surface area contributed by atoms with Gasteiger partial charge in [0.05, 0.1) is 11.3 Å². The van der Waals surface area contributed by atoms with Gasteiger partial charge < -0.3 is 9.30 Å². The Morgan fingerprint density at radius 1 is 1.12 bits per heavy atom. The van der Waals surface area contributed by atoms with Crippen molar-refractivity contribution in [3.63, 3.8) is 0 Å². The van der Waals surface area contributed by atoms with Crippen molar-refractivity contribution in [2.24, 2.45) is 7.05 Å². The molecule has 2 aromatic carbocycles. The first-order valence-electron chi connectivity index (χ1n) is 7.72. The Labute approximate surface area is 147 Å². The van der Waals surface area contributed by atoms with Crippen LogP contribution in [0.4, 0.5) is 23.7 Å². The number of carbonyl (C=O) groups is 1. The molecule has 0 unspecified atom stereocenters. The molecule has 0 fully saturated rings. The Kier molecular flexibility index (Phi) is 4.97. The summed E-state index contributed by atoms with van der Waals surface area (Å²) in [6, 6.07) is 12.6. The molecule has 1 heterocycles. The van der Waals surface area contributed by atoms with E-state index in [-0.39, 0.29) is 11.3 Å². The van der Waals surface area contributed by atoms with E-state index in [4.69, 9.17) is 4.74 Å². The third-order valence-electron chi connectivity index (χ3n) is 3.69. The number of halogens is 3. The van der Waals surface area contributed by atoms with Crippen LogP contribution in [-0.4, -0.2) is 10.7 Å². The largest absolute Gasteiger partial charge is 0.417 e. The molecular formula is C19H15F3N2O2. The van der Waals surface area contributed by atoms with Crippen LogP contribution in [0, 0.1) is 5.82 Å². The third kappa shape index (κ3) is 3.88. The molecule has 26 heavy (non-hydrogen) atoms. The minimum absolute atomic E-state index is 0.219. The van der Waals surface area contributed by atoms with Gasteiger partial charge in [0.25, 0.3) is 6.43 Å². The van der Waals surface area contributed by atoms with Gasteiger partial charge in [-0.25, -0.2) is 18.0 Å². The molecule has 4 nitrogen and oxygen atoms in total. The maximum Gasteiger partial charge on any atom is 0.417 e. The molecule has 0 spiro atoms. The number of amides is 1. The normalized spacial score (nSPS) is 10.8. The molecule has 3 aromatic rings. The highest BCUT2D eigenvalue weighted by Crippen LogP contribution is 2.31. The second-order valence-corrected chi connectivity index (χ2v) is 5.61. The maximum absolute atomic E-state index is 13.5. The van der Waals surface area contributed by atoms with E-state index < -0.39 is 18.3 Å². The maximum atomic E-state index is 13.5. The molecule has 0 saturated carbocycles. The van der Waals surface area contributed by atoms with Gasteiger partial charge in [0, 0.05) is 25.0 Å². The Morgan fingerprint density at radius 3 is 2.62 bits per heavy atom. The molecule has 3 rings (SSSR count). The molecule has 134 valence electrons. The molecule has 7 heteroatoms. The van der Waals surface area contributed by atoms with Gasteiger partial charge in [0.15, 0.2) is 5.75 Å². The number of nitrogens with zero attached hydrogens (tertiary/aromatic N) is 1. The van der Waals surface area contributed by atoms with Gasteiger partial charge in [-0.15, -0.1) is 0 Å². The molecule has 0 aliphatic heterocycles. The van der Waals surface area contributed by atoms with Crippen molar-refractivity contribution in [1.29, 1.82) is 0 Å². The van der Waals surface area contributed by atoms with Gasteiger partial charge >= 0.3 is 6.09 Å². The summed E-state index contributed by atoms with van der Waals surface area (Å²) in [5.74, 6) is -0.631. The summed E-state index contributed by atoms with van der Waals surface area (Å²) in [5.41, 5.74) is 1.14. The second-order valence-electron chi connectivity index (χ2n) is 5.61. The van der Waals surface area contributed by atoms with Gasteiger partial charge in [-0.3, -0.25) is 5.32 Å². The number of carbonyl (C=O) groups excluding carboxylic acids is 1. The summed E-state index contributed by atoms with van der Waals surface area (Å²) in [5, 5.41) is 2.51. The summed E-state index contributed by atoms with van der Waals surface area (Å²) in [6.45, 7) is 0. The van der Waals surface area contributed by atoms with Gasteiger partial charge in [0.1, 0.15) is 5.82 Å². The fourth-order valence-corrected chi connectivity index (χ4v) is 2.56. The van der Waals surface area contributed by atoms with Crippen LogP contribution < -0.4 is 10.1 Å². The first-order valence-corrected chi connectivity index (χ1v) is 7.72. The number of alkyl halides is 2. The zero-order valence-corrected chi connectivity index (χ0v) is 13.7. The van der Waals surface area contributed by atoms with E-state index in [1.807, 2.05) is 0 Å². The van der Waals surface area contributed by atoms with Crippen molar-refractivity contribution in [3.05, 3.63) is 72.3 Å². The Morgan fingerprint density at radius 2 is 1.88 bits per heavy atom. The minimum atomic E-state index is -2.77.